The number of methoxy groups -OCH3 is 2. The Hall–Kier alpha value is -1.36. The fraction of sp³-hybridized carbons (Fsp3) is 0.650. The van der Waals surface area contributed by atoms with E-state index in [1.165, 1.54) is 38.5 Å². The molecule has 1 N–H and O–H groups in total. The Morgan fingerprint density at radius 1 is 1.08 bits per heavy atom. The molecule has 0 aliphatic heterocycles. The van der Waals surface area contributed by atoms with Crippen LogP contribution in [0.3, 0.4) is 0 Å². The van der Waals surface area contributed by atoms with Crippen LogP contribution in [0.5, 0.6) is 11.5 Å². The van der Waals surface area contributed by atoms with Crippen molar-refractivity contribution in [3.8, 4) is 11.5 Å². The van der Waals surface area contributed by atoms with E-state index in [4.69, 9.17) is 9.47 Å². The summed E-state index contributed by atoms with van der Waals surface area (Å²) >= 11 is 1.56. The highest BCUT2D eigenvalue weighted by Crippen LogP contribution is 2.55. The summed E-state index contributed by atoms with van der Waals surface area (Å²) in [5.41, 5.74) is 0.101. The number of benzene rings is 1. The van der Waals surface area contributed by atoms with Crippen LogP contribution in [0.15, 0.2) is 23.1 Å². The molecule has 4 aliphatic rings. The minimum atomic E-state index is 0.101. The van der Waals surface area contributed by atoms with Gasteiger partial charge in [-0.25, -0.2) is 0 Å². The molecule has 0 aromatic heterocycles. The standard InChI is InChI=1S/C20H27NO3S/c1-23-17-4-3-16(8-18(17)24-2)25-12-19(22)21-20-9-13-5-14(10-20)7-15(6-13)11-20/h3-4,8,13-15H,5-7,9-12H2,1-2H3,(H,21,22). The number of amides is 1. The summed E-state index contributed by atoms with van der Waals surface area (Å²) < 4.78 is 10.6. The lowest BCUT2D eigenvalue weighted by molar-refractivity contribution is -0.124. The SMILES string of the molecule is COc1ccc(SCC(=O)NC23CC4CC(CC(C4)C2)C3)cc1OC. The van der Waals surface area contributed by atoms with Crippen molar-refractivity contribution in [2.75, 3.05) is 20.0 Å². The highest BCUT2D eigenvalue weighted by Gasteiger charge is 2.51. The van der Waals surface area contributed by atoms with Crippen LogP contribution in [0.2, 0.25) is 0 Å². The van der Waals surface area contributed by atoms with Gasteiger partial charge in [-0.3, -0.25) is 4.79 Å². The summed E-state index contributed by atoms with van der Waals surface area (Å²) in [5.74, 6) is 4.60. The van der Waals surface area contributed by atoms with Crippen LogP contribution in [0.25, 0.3) is 0 Å². The third kappa shape index (κ3) is 3.48. The number of hydrogen-bond donors (Lipinski definition) is 1. The van der Waals surface area contributed by atoms with Gasteiger partial charge < -0.3 is 14.8 Å². The summed E-state index contributed by atoms with van der Waals surface area (Å²) in [6, 6.07) is 5.80. The molecule has 136 valence electrons. The van der Waals surface area contributed by atoms with Crippen molar-refractivity contribution in [2.24, 2.45) is 17.8 Å². The van der Waals surface area contributed by atoms with Crippen molar-refractivity contribution in [3.63, 3.8) is 0 Å². The first-order valence-corrected chi connectivity index (χ1v) is 10.2. The Balaban J connectivity index is 1.35. The molecular formula is C20H27NO3S. The van der Waals surface area contributed by atoms with Crippen molar-refractivity contribution in [3.05, 3.63) is 18.2 Å². The fourth-order valence-electron chi connectivity index (χ4n) is 5.65. The maximum atomic E-state index is 12.6. The first-order valence-electron chi connectivity index (χ1n) is 9.25. The van der Waals surface area contributed by atoms with E-state index in [9.17, 15) is 4.79 Å². The maximum Gasteiger partial charge on any atom is 0.230 e. The van der Waals surface area contributed by atoms with Gasteiger partial charge in [0.25, 0.3) is 0 Å². The summed E-state index contributed by atoms with van der Waals surface area (Å²) in [7, 11) is 3.26. The molecule has 1 aromatic rings. The molecule has 4 bridgehead atoms. The van der Waals surface area contributed by atoms with Crippen LogP contribution < -0.4 is 14.8 Å². The van der Waals surface area contributed by atoms with Crippen LogP contribution in [-0.4, -0.2) is 31.4 Å². The maximum absolute atomic E-state index is 12.6. The Kier molecular flexibility index (Phi) is 4.61. The number of rotatable bonds is 6. The molecule has 4 nitrogen and oxygen atoms in total. The average molecular weight is 362 g/mol. The van der Waals surface area contributed by atoms with Crippen LogP contribution in [0.4, 0.5) is 0 Å². The van der Waals surface area contributed by atoms with Crippen LogP contribution in [-0.2, 0) is 4.79 Å². The van der Waals surface area contributed by atoms with Crippen molar-refractivity contribution in [2.45, 2.75) is 49.0 Å². The molecule has 0 atom stereocenters. The van der Waals surface area contributed by atoms with Crippen LogP contribution in [0, 0.1) is 17.8 Å². The van der Waals surface area contributed by atoms with Gasteiger partial charge in [0.05, 0.1) is 20.0 Å². The van der Waals surface area contributed by atoms with E-state index in [1.54, 1.807) is 26.0 Å². The van der Waals surface area contributed by atoms with Gasteiger partial charge in [0, 0.05) is 10.4 Å². The Bertz CT molecular complexity index is 625. The topological polar surface area (TPSA) is 47.6 Å². The smallest absolute Gasteiger partial charge is 0.230 e. The second-order valence-electron chi connectivity index (χ2n) is 8.05. The Labute approximate surface area is 154 Å². The molecule has 0 heterocycles. The number of thioether (sulfide) groups is 1. The molecule has 5 rings (SSSR count). The lowest BCUT2D eigenvalue weighted by Crippen LogP contribution is -2.60. The van der Waals surface area contributed by atoms with Crippen LogP contribution in [0.1, 0.15) is 38.5 Å². The van der Waals surface area contributed by atoms with E-state index >= 15 is 0 Å². The van der Waals surface area contributed by atoms with Gasteiger partial charge in [-0.2, -0.15) is 0 Å². The predicted molar refractivity (Wildman–Crippen MR) is 99.3 cm³/mol. The van der Waals surface area contributed by atoms with E-state index in [0.29, 0.717) is 17.3 Å². The van der Waals surface area contributed by atoms with Crippen molar-refractivity contribution < 1.29 is 14.3 Å². The molecule has 0 spiro atoms. The molecule has 1 aromatic carbocycles. The zero-order valence-corrected chi connectivity index (χ0v) is 15.9. The second kappa shape index (κ2) is 6.75. The molecule has 0 unspecified atom stereocenters. The predicted octanol–water partition coefficient (Wildman–Crippen LogP) is 3.88. The molecule has 0 saturated heterocycles. The van der Waals surface area contributed by atoms with Gasteiger partial charge in [0.1, 0.15) is 0 Å². The normalized spacial score (nSPS) is 32.5. The van der Waals surface area contributed by atoms with Crippen molar-refractivity contribution >= 4 is 17.7 Å². The van der Waals surface area contributed by atoms with E-state index in [2.05, 4.69) is 5.32 Å². The summed E-state index contributed by atoms with van der Waals surface area (Å²) in [6.45, 7) is 0. The quantitative estimate of drug-likeness (QED) is 0.781. The summed E-state index contributed by atoms with van der Waals surface area (Å²) in [4.78, 5) is 13.6. The number of ether oxygens (including phenoxy) is 2. The van der Waals surface area contributed by atoms with E-state index in [0.717, 1.165) is 22.6 Å². The van der Waals surface area contributed by atoms with Crippen molar-refractivity contribution in [1.29, 1.82) is 0 Å². The first-order chi connectivity index (χ1) is 12.1. The first kappa shape index (κ1) is 17.1. The minimum Gasteiger partial charge on any atom is -0.493 e. The number of carbonyl (C=O) groups is 1. The molecule has 0 radical (unpaired) electrons. The zero-order chi connectivity index (χ0) is 17.4. The average Bonchev–Trinajstić information content (AvgIpc) is 2.58. The zero-order valence-electron chi connectivity index (χ0n) is 15.0. The molecule has 4 fully saturated rings. The van der Waals surface area contributed by atoms with Gasteiger partial charge in [0.2, 0.25) is 5.91 Å². The van der Waals surface area contributed by atoms with Crippen molar-refractivity contribution in [1.82, 2.24) is 5.32 Å². The second-order valence-corrected chi connectivity index (χ2v) is 9.10. The Morgan fingerprint density at radius 3 is 2.24 bits per heavy atom. The number of hydrogen-bond acceptors (Lipinski definition) is 4. The molecule has 1 amide bonds. The lowest BCUT2D eigenvalue weighted by Gasteiger charge is -2.56. The monoisotopic (exact) mass is 361 g/mol. The summed E-state index contributed by atoms with van der Waals surface area (Å²) in [5, 5.41) is 3.43. The summed E-state index contributed by atoms with van der Waals surface area (Å²) in [6.07, 6.45) is 7.80. The lowest BCUT2D eigenvalue weighted by atomic mass is 9.53. The van der Waals surface area contributed by atoms with E-state index < -0.39 is 0 Å². The van der Waals surface area contributed by atoms with Gasteiger partial charge >= 0.3 is 0 Å². The van der Waals surface area contributed by atoms with E-state index in [-0.39, 0.29) is 11.4 Å². The molecule has 25 heavy (non-hydrogen) atoms. The third-order valence-electron chi connectivity index (χ3n) is 6.17. The fourth-order valence-corrected chi connectivity index (χ4v) is 6.38. The largest absolute Gasteiger partial charge is 0.493 e. The Morgan fingerprint density at radius 2 is 1.68 bits per heavy atom. The van der Waals surface area contributed by atoms with E-state index in [1.807, 2.05) is 18.2 Å². The number of carbonyl (C=O) groups excluding carboxylic acids is 1. The minimum absolute atomic E-state index is 0.101. The highest BCUT2D eigenvalue weighted by molar-refractivity contribution is 8.00. The van der Waals surface area contributed by atoms with Gasteiger partial charge in [-0.05, 0) is 74.5 Å². The van der Waals surface area contributed by atoms with Gasteiger partial charge in [-0.15, -0.1) is 11.8 Å². The highest BCUT2D eigenvalue weighted by atomic mass is 32.2. The molecule has 4 aliphatic carbocycles. The van der Waals surface area contributed by atoms with Crippen LogP contribution >= 0.6 is 11.8 Å². The molecular weight excluding hydrogens is 334 g/mol. The molecule has 4 saturated carbocycles. The molecule has 5 heteroatoms. The van der Waals surface area contributed by atoms with Gasteiger partial charge in [-0.1, -0.05) is 0 Å². The number of nitrogens with one attached hydrogen (secondary N) is 1. The van der Waals surface area contributed by atoms with Gasteiger partial charge in [0.15, 0.2) is 11.5 Å². The third-order valence-corrected chi connectivity index (χ3v) is 7.16.